The Kier molecular flexibility index (Phi) is 7.17. The Morgan fingerprint density at radius 3 is 2.38 bits per heavy atom. The summed E-state index contributed by atoms with van der Waals surface area (Å²) in [6.45, 7) is 5.67. The highest BCUT2D eigenvalue weighted by atomic mass is 32.1. The van der Waals surface area contributed by atoms with Crippen molar-refractivity contribution in [1.29, 1.82) is 0 Å². The third kappa shape index (κ3) is 5.16. The molecule has 4 rings (SSSR count). The molecule has 0 aliphatic carbocycles. The molecule has 0 radical (unpaired) electrons. The smallest absolute Gasteiger partial charge is 0.291 e. The standard InChI is InChI=1S/C25H27N3O3S/c1-3-5-14-30-20-12-10-19(11-13-20)23-26-25-28(27-23)24(29)22(32-25)17-18-8-7-9-21(16-18)31-15-6-4-2/h7-13,16-17H,3-6,14-15H2,1-2H3. The molecule has 4 aromatic rings. The Balaban J connectivity index is 1.54. The van der Waals surface area contributed by atoms with Crippen LogP contribution in [0.2, 0.25) is 0 Å². The van der Waals surface area contributed by atoms with Crippen molar-refractivity contribution in [2.24, 2.45) is 0 Å². The monoisotopic (exact) mass is 449 g/mol. The number of unbranched alkanes of at least 4 members (excludes halogenated alkanes) is 2. The lowest BCUT2D eigenvalue weighted by molar-refractivity contribution is 0.309. The first-order chi connectivity index (χ1) is 15.7. The predicted molar refractivity (Wildman–Crippen MR) is 129 cm³/mol. The van der Waals surface area contributed by atoms with Gasteiger partial charge in [0.25, 0.3) is 5.56 Å². The number of hydrogen-bond acceptors (Lipinski definition) is 6. The van der Waals surface area contributed by atoms with Gasteiger partial charge in [0.2, 0.25) is 4.96 Å². The van der Waals surface area contributed by atoms with E-state index in [1.54, 1.807) is 0 Å². The Morgan fingerprint density at radius 2 is 1.69 bits per heavy atom. The zero-order chi connectivity index (χ0) is 22.3. The van der Waals surface area contributed by atoms with Crippen LogP contribution in [0, 0.1) is 0 Å². The zero-order valence-corrected chi connectivity index (χ0v) is 19.2. The lowest BCUT2D eigenvalue weighted by Crippen LogP contribution is -2.23. The molecule has 0 atom stereocenters. The first kappa shape index (κ1) is 22.0. The van der Waals surface area contributed by atoms with Crippen LogP contribution >= 0.6 is 11.3 Å². The highest BCUT2D eigenvalue weighted by molar-refractivity contribution is 7.15. The number of hydrogen-bond donors (Lipinski definition) is 0. The Morgan fingerprint density at radius 1 is 0.969 bits per heavy atom. The number of benzene rings is 2. The lowest BCUT2D eigenvalue weighted by atomic mass is 10.2. The van der Waals surface area contributed by atoms with Gasteiger partial charge in [0.1, 0.15) is 11.5 Å². The maximum absolute atomic E-state index is 12.9. The second-order valence-corrected chi connectivity index (χ2v) is 8.56. The van der Waals surface area contributed by atoms with Crippen LogP contribution in [0.1, 0.15) is 45.1 Å². The summed E-state index contributed by atoms with van der Waals surface area (Å²) in [6, 6.07) is 15.4. The Hall–Kier alpha value is -3.19. The summed E-state index contributed by atoms with van der Waals surface area (Å²) in [4.78, 5) is 18.0. The first-order valence-corrected chi connectivity index (χ1v) is 11.9. The third-order valence-electron chi connectivity index (χ3n) is 4.98. The number of ether oxygens (including phenoxy) is 2. The van der Waals surface area contributed by atoms with Crippen molar-refractivity contribution in [3.05, 3.63) is 69.0 Å². The molecule has 2 heterocycles. The molecule has 2 aromatic carbocycles. The van der Waals surface area contributed by atoms with Gasteiger partial charge in [0, 0.05) is 5.56 Å². The molecular formula is C25H27N3O3S. The number of thiazole rings is 1. The second-order valence-electron chi connectivity index (χ2n) is 7.55. The normalized spacial score (nSPS) is 11.9. The molecule has 0 fully saturated rings. The van der Waals surface area contributed by atoms with Crippen LogP contribution in [0.15, 0.2) is 53.3 Å². The fraction of sp³-hybridized carbons (Fsp3) is 0.320. The van der Waals surface area contributed by atoms with Crippen LogP contribution in [0.3, 0.4) is 0 Å². The number of aromatic nitrogens is 3. The van der Waals surface area contributed by atoms with Crippen molar-refractivity contribution in [2.45, 2.75) is 39.5 Å². The first-order valence-electron chi connectivity index (χ1n) is 11.1. The quantitative estimate of drug-likeness (QED) is 0.328. The maximum atomic E-state index is 12.9. The van der Waals surface area contributed by atoms with E-state index in [2.05, 4.69) is 23.9 Å². The molecule has 0 unspecified atom stereocenters. The molecule has 32 heavy (non-hydrogen) atoms. The Bertz CT molecular complexity index is 1280. The summed E-state index contributed by atoms with van der Waals surface area (Å²) in [5.41, 5.74) is 1.60. The van der Waals surface area contributed by atoms with Gasteiger partial charge in [-0.1, -0.05) is 50.2 Å². The van der Waals surface area contributed by atoms with Crippen LogP contribution in [0.25, 0.3) is 22.4 Å². The average molecular weight is 450 g/mol. The van der Waals surface area contributed by atoms with Gasteiger partial charge in [0.05, 0.1) is 17.7 Å². The molecule has 0 bridgehead atoms. The number of fused-ring (bicyclic) bond motifs is 1. The topological polar surface area (TPSA) is 65.7 Å². The fourth-order valence-corrected chi connectivity index (χ4v) is 4.08. The van der Waals surface area contributed by atoms with E-state index in [9.17, 15) is 4.79 Å². The summed E-state index contributed by atoms with van der Waals surface area (Å²) in [7, 11) is 0. The van der Waals surface area contributed by atoms with Crippen LogP contribution in [-0.4, -0.2) is 27.8 Å². The van der Waals surface area contributed by atoms with E-state index >= 15 is 0 Å². The maximum Gasteiger partial charge on any atom is 0.291 e. The third-order valence-corrected chi connectivity index (χ3v) is 5.94. The lowest BCUT2D eigenvalue weighted by Gasteiger charge is -2.05. The van der Waals surface area contributed by atoms with Gasteiger partial charge < -0.3 is 9.47 Å². The molecule has 0 saturated carbocycles. The minimum absolute atomic E-state index is 0.166. The molecular weight excluding hydrogens is 422 g/mol. The van der Waals surface area contributed by atoms with Crippen LogP contribution < -0.4 is 19.6 Å². The summed E-state index contributed by atoms with van der Waals surface area (Å²) >= 11 is 1.33. The van der Waals surface area contributed by atoms with Gasteiger partial charge in [-0.25, -0.2) is 0 Å². The molecule has 0 spiro atoms. The van der Waals surface area contributed by atoms with Crippen molar-refractivity contribution in [2.75, 3.05) is 13.2 Å². The molecule has 0 amide bonds. The SMILES string of the molecule is CCCCOc1ccc(-c2nc3sc(=Cc4cccc(OCCCC)c4)c(=O)n3n2)cc1. The van der Waals surface area contributed by atoms with Gasteiger partial charge >= 0.3 is 0 Å². The van der Waals surface area contributed by atoms with Gasteiger partial charge in [-0.15, -0.1) is 5.10 Å². The van der Waals surface area contributed by atoms with Gasteiger partial charge in [-0.3, -0.25) is 4.79 Å². The highest BCUT2D eigenvalue weighted by Crippen LogP contribution is 2.21. The van der Waals surface area contributed by atoms with Crippen LogP contribution in [-0.2, 0) is 0 Å². The summed E-state index contributed by atoms with van der Waals surface area (Å²) in [5.74, 6) is 2.17. The molecule has 0 aliphatic heterocycles. The largest absolute Gasteiger partial charge is 0.494 e. The molecule has 0 aliphatic rings. The van der Waals surface area contributed by atoms with Crippen molar-refractivity contribution >= 4 is 22.4 Å². The van der Waals surface area contributed by atoms with E-state index in [-0.39, 0.29) is 5.56 Å². The molecule has 166 valence electrons. The summed E-state index contributed by atoms with van der Waals surface area (Å²) < 4.78 is 13.4. The van der Waals surface area contributed by atoms with E-state index < -0.39 is 0 Å². The average Bonchev–Trinajstić information content (AvgIpc) is 3.34. The van der Waals surface area contributed by atoms with Gasteiger partial charge in [-0.2, -0.15) is 9.50 Å². The van der Waals surface area contributed by atoms with E-state index in [0.29, 0.717) is 28.5 Å². The number of rotatable bonds is 10. The number of nitrogens with zero attached hydrogens (tertiary/aromatic N) is 3. The highest BCUT2D eigenvalue weighted by Gasteiger charge is 2.12. The van der Waals surface area contributed by atoms with Crippen molar-refractivity contribution in [3.8, 4) is 22.9 Å². The predicted octanol–water partition coefficient (Wildman–Crippen LogP) is 4.72. The summed E-state index contributed by atoms with van der Waals surface area (Å²) in [5, 5.41) is 4.44. The molecule has 6 nitrogen and oxygen atoms in total. The zero-order valence-electron chi connectivity index (χ0n) is 18.4. The molecule has 0 saturated heterocycles. The van der Waals surface area contributed by atoms with E-state index in [4.69, 9.17) is 9.47 Å². The van der Waals surface area contributed by atoms with Crippen LogP contribution in [0.5, 0.6) is 11.5 Å². The van der Waals surface area contributed by atoms with E-state index in [1.807, 2.05) is 54.6 Å². The fourth-order valence-electron chi connectivity index (χ4n) is 3.17. The summed E-state index contributed by atoms with van der Waals surface area (Å²) in [6.07, 6.45) is 6.10. The molecule has 2 aromatic heterocycles. The van der Waals surface area contributed by atoms with E-state index in [0.717, 1.165) is 48.3 Å². The van der Waals surface area contributed by atoms with Gasteiger partial charge in [0.15, 0.2) is 5.82 Å². The van der Waals surface area contributed by atoms with Crippen molar-refractivity contribution in [1.82, 2.24) is 14.6 Å². The van der Waals surface area contributed by atoms with Crippen LogP contribution in [0.4, 0.5) is 0 Å². The van der Waals surface area contributed by atoms with Crippen molar-refractivity contribution in [3.63, 3.8) is 0 Å². The molecule has 0 N–H and O–H groups in total. The minimum atomic E-state index is -0.166. The van der Waals surface area contributed by atoms with Crippen molar-refractivity contribution < 1.29 is 9.47 Å². The van der Waals surface area contributed by atoms with E-state index in [1.165, 1.54) is 15.9 Å². The Labute approximate surface area is 191 Å². The molecule has 7 heteroatoms. The minimum Gasteiger partial charge on any atom is -0.494 e. The second kappa shape index (κ2) is 10.4. The van der Waals surface area contributed by atoms with Gasteiger partial charge in [-0.05, 0) is 60.9 Å².